The summed E-state index contributed by atoms with van der Waals surface area (Å²) in [7, 11) is 0. The average Bonchev–Trinajstić information content (AvgIpc) is 2.99. The number of rotatable bonds is 3. The molecule has 3 nitrogen and oxygen atoms in total. The van der Waals surface area contributed by atoms with Gasteiger partial charge in [-0.05, 0) is 51.2 Å². The Hall–Kier alpha value is -1.20. The van der Waals surface area contributed by atoms with Crippen LogP contribution < -0.4 is 5.32 Å². The molecular weight excluding hydrogens is 300 g/mol. The third kappa shape index (κ3) is 2.64. The molecule has 2 heterocycles. The molecule has 21 heavy (non-hydrogen) atoms. The lowest BCUT2D eigenvalue weighted by Crippen LogP contribution is -2.14. The topological polar surface area (TPSA) is 42.0 Å². The van der Waals surface area contributed by atoms with E-state index in [1.165, 1.54) is 33.2 Å². The van der Waals surface area contributed by atoms with Crippen LogP contribution in [-0.4, -0.2) is 10.9 Å². The van der Waals surface area contributed by atoms with E-state index in [4.69, 9.17) is 0 Å². The summed E-state index contributed by atoms with van der Waals surface area (Å²) in [4.78, 5) is 21.0. The summed E-state index contributed by atoms with van der Waals surface area (Å²) < 4.78 is 0. The second kappa shape index (κ2) is 5.21. The van der Waals surface area contributed by atoms with E-state index in [0.717, 1.165) is 24.4 Å². The van der Waals surface area contributed by atoms with Gasteiger partial charge in [0.05, 0.1) is 5.69 Å². The monoisotopic (exact) mass is 318 g/mol. The van der Waals surface area contributed by atoms with Crippen molar-refractivity contribution >= 4 is 33.7 Å². The molecule has 1 fully saturated rings. The standard InChI is InChI=1S/C16H18N2OS2/c1-9-6-7-13(20-9)10-8-11(10)15(19)18-16-17-12-4-2-3-5-14(12)21-16/h6-7,10-11H,2-5,8H2,1H3,(H,17,18,19). The summed E-state index contributed by atoms with van der Waals surface area (Å²) in [6.07, 6.45) is 5.67. The molecule has 1 saturated carbocycles. The van der Waals surface area contributed by atoms with Gasteiger partial charge >= 0.3 is 0 Å². The van der Waals surface area contributed by atoms with Crippen LogP contribution in [0.3, 0.4) is 0 Å². The number of carbonyl (C=O) groups is 1. The zero-order valence-electron chi connectivity index (χ0n) is 12.0. The highest BCUT2D eigenvalue weighted by Crippen LogP contribution is 2.50. The van der Waals surface area contributed by atoms with E-state index in [1.807, 2.05) is 11.3 Å². The van der Waals surface area contributed by atoms with Crippen LogP contribution >= 0.6 is 22.7 Å². The van der Waals surface area contributed by atoms with Crippen LogP contribution in [-0.2, 0) is 17.6 Å². The molecule has 5 heteroatoms. The number of amides is 1. The van der Waals surface area contributed by atoms with Crippen LogP contribution in [0.2, 0.25) is 0 Å². The first kappa shape index (κ1) is 13.5. The third-order valence-electron chi connectivity index (χ3n) is 4.33. The maximum Gasteiger partial charge on any atom is 0.229 e. The third-order valence-corrected chi connectivity index (χ3v) is 6.54. The van der Waals surface area contributed by atoms with Gasteiger partial charge in [-0.15, -0.1) is 22.7 Å². The summed E-state index contributed by atoms with van der Waals surface area (Å²) in [6.45, 7) is 2.12. The molecule has 0 bridgehead atoms. The molecule has 0 aromatic carbocycles. The first-order valence-corrected chi connectivity index (χ1v) is 9.20. The second-order valence-corrected chi connectivity index (χ2v) is 8.39. The fourth-order valence-electron chi connectivity index (χ4n) is 3.06. The van der Waals surface area contributed by atoms with Crippen molar-refractivity contribution in [2.75, 3.05) is 5.32 Å². The van der Waals surface area contributed by atoms with E-state index in [9.17, 15) is 4.79 Å². The van der Waals surface area contributed by atoms with E-state index in [1.54, 1.807) is 11.3 Å². The summed E-state index contributed by atoms with van der Waals surface area (Å²) in [5.41, 5.74) is 1.21. The van der Waals surface area contributed by atoms with Crippen molar-refractivity contribution in [2.24, 2.45) is 5.92 Å². The smallest absolute Gasteiger partial charge is 0.229 e. The van der Waals surface area contributed by atoms with Crippen LogP contribution in [0.25, 0.3) is 0 Å². The van der Waals surface area contributed by atoms with Gasteiger partial charge in [0, 0.05) is 26.5 Å². The number of hydrogen-bond acceptors (Lipinski definition) is 4. The van der Waals surface area contributed by atoms with E-state index >= 15 is 0 Å². The van der Waals surface area contributed by atoms with Crippen LogP contribution in [0.1, 0.15) is 45.5 Å². The van der Waals surface area contributed by atoms with Crippen LogP contribution in [0.4, 0.5) is 5.13 Å². The number of nitrogens with one attached hydrogen (secondary N) is 1. The van der Waals surface area contributed by atoms with E-state index in [0.29, 0.717) is 5.92 Å². The highest BCUT2D eigenvalue weighted by molar-refractivity contribution is 7.15. The number of carbonyl (C=O) groups excluding carboxylic acids is 1. The van der Waals surface area contributed by atoms with Gasteiger partial charge in [-0.2, -0.15) is 0 Å². The van der Waals surface area contributed by atoms with Crippen LogP contribution in [0.15, 0.2) is 12.1 Å². The Morgan fingerprint density at radius 1 is 1.29 bits per heavy atom. The molecule has 0 spiro atoms. The minimum atomic E-state index is 0.143. The van der Waals surface area contributed by atoms with Crippen molar-refractivity contribution in [2.45, 2.75) is 44.9 Å². The Morgan fingerprint density at radius 3 is 2.90 bits per heavy atom. The molecule has 2 aromatic rings. The maximum absolute atomic E-state index is 12.3. The van der Waals surface area contributed by atoms with E-state index < -0.39 is 0 Å². The largest absolute Gasteiger partial charge is 0.302 e. The molecule has 2 atom stereocenters. The lowest BCUT2D eigenvalue weighted by Gasteiger charge is -2.06. The summed E-state index contributed by atoms with van der Waals surface area (Å²) in [5.74, 6) is 0.722. The molecule has 110 valence electrons. The number of thiophene rings is 1. The normalized spacial score (nSPS) is 23.7. The number of aryl methyl sites for hydroxylation is 3. The van der Waals surface area contributed by atoms with Gasteiger partial charge in [0.15, 0.2) is 5.13 Å². The number of aromatic nitrogens is 1. The molecule has 0 saturated heterocycles. The molecular formula is C16H18N2OS2. The lowest BCUT2D eigenvalue weighted by atomic mass is 10.0. The summed E-state index contributed by atoms with van der Waals surface area (Å²) >= 11 is 3.48. The Bertz CT molecular complexity index is 665. The minimum absolute atomic E-state index is 0.143. The van der Waals surface area contributed by atoms with Crippen molar-refractivity contribution in [1.82, 2.24) is 4.98 Å². The van der Waals surface area contributed by atoms with Crippen LogP contribution in [0, 0.1) is 12.8 Å². The molecule has 2 unspecified atom stereocenters. The first-order chi connectivity index (χ1) is 10.2. The Labute approximate surface area is 132 Å². The Kier molecular flexibility index (Phi) is 3.34. The predicted octanol–water partition coefficient (Wildman–Crippen LogP) is 4.13. The molecule has 2 aromatic heterocycles. The van der Waals surface area contributed by atoms with Gasteiger partial charge in [-0.25, -0.2) is 4.98 Å². The Balaban J connectivity index is 1.41. The van der Waals surface area contributed by atoms with Crippen molar-refractivity contribution < 1.29 is 4.79 Å². The SMILES string of the molecule is Cc1ccc(C2CC2C(=O)Nc2nc3c(s2)CCCC3)s1. The van der Waals surface area contributed by atoms with E-state index in [2.05, 4.69) is 29.4 Å². The Morgan fingerprint density at radius 2 is 2.14 bits per heavy atom. The van der Waals surface area contributed by atoms with Gasteiger partial charge in [0.2, 0.25) is 5.91 Å². The highest BCUT2D eigenvalue weighted by atomic mass is 32.1. The maximum atomic E-state index is 12.3. The zero-order chi connectivity index (χ0) is 14.4. The van der Waals surface area contributed by atoms with Gasteiger partial charge in [0.25, 0.3) is 0 Å². The number of hydrogen-bond donors (Lipinski definition) is 1. The number of nitrogens with zero attached hydrogens (tertiary/aromatic N) is 1. The molecule has 0 aliphatic heterocycles. The molecule has 1 amide bonds. The molecule has 2 aliphatic carbocycles. The minimum Gasteiger partial charge on any atom is -0.302 e. The second-order valence-electron chi connectivity index (χ2n) is 5.98. The quantitative estimate of drug-likeness (QED) is 0.924. The molecule has 1 N–H and O–H groups in total. The van der Waals surface area contributed by atoms with Gasteiger partial charge in [0.1, 0.15) is 0 Å². The average molecular weight is 318 g/mol. The van der Waals surface area contributed by atoms with Gasteiger partial charge < -0.3 is 5.32 Å². The molecule has 2 aliphatic rings. The van der Waals surface area contributed by atoms with Crippen molar-refractivity contribution in [3.05, 3.63) is 32.5 Å². The fraction of sp³-hybridized carbons (Fsp3) is 0.500. The van der Waals surface area contributed by atoms with E-state index in [-0.39, 0.29) is 11.8 Å². The number of thiazole rings is 1. The van der Waals surface area contributed by atoms with Crippen molar-refractivity contribution in [1.29, 1.82) is 0 Å². The predicted molar refractivity (Wildman–Crippen MR) is 87.3 cm³/mol. The fourth-order valence-corrected chi connectivity index (χ4v) is 5.16. The van der Waals surface area contributed by atoms with Crippen LogP contribution in [0.5, 0.6) is 0 Å². The summed E-state index contributed by atoms with van der Waals surface area (Å²) in [6, 6.07) is 4.31. The zero-order valence-corrected chi connectivity index (χ0v) is 13.6. The lowest BCUT2D eigenvalue weighted by molar-refractivity contribution is -0.117. The van der Waals surface area contributed by atoms with Crippen molar-refractivity contribution in [3.63, 3.8) is 0 Å². The first-order valence-electron chi connectivity index (χ1n) is 7.56. The number of fused-ring (bicyclic) bond motifs is 1. The number of anilines is 1. The highest BCUT2D eigenvalue weighted by Gasteiger charge is 2.45. The molecule has 0 radical (unpaired) electrons. The van der Waals surface area contributed by atoms with Gasteiger partial charge in [-0.3, -0.25) is 4.79 Å². The molecule has 4 rings (SSSR count). The van der Waals surface area contributed by atoms with Gasteiger partial charge in [-0.1, -0.05) is 0 Å². The summed E-state index contributed by atoms with van der Waals surface area (Å²) in [5, 5.41) is 3.85. The van der Waals surface area contributed by atoms with Crippen molar-refractivity contribution in [3.8, 4) is 0 Å².